The molecule has 0 fully saturated rings. The zero-order valence-electron chi connectivity index (χ0n) is 16.0. The number of carbonyl (C=O) groups is 1. The average molecular weight is 361 g/mol. The first-order chi connectivity index (χ1) is 13.0. The number of aromatic nitrogens is 1. The van der Waals surface area contributed by atoms with Crippen molar-refractivity contribution in [1.82, 2.24) is 9.99 Å². The van der Waals surface area contributed by atoms with E-state index in [1.165, 1.54) is 12.7 Å². The zero-order valence-corrected chi connectivity index (χ0v) is 16.0. The van der Waals surface area contributed by atoms with Crippen molar-refractivity contribution in [3.63, 3.8) is 0 Å². The number of amides is 1. The summed E-state index contributed by atoms with van der Waals surface area (Å²) in [6, 6.07) is 17.5. The van der Waals surface area contributed by atoms with Crippen LogP contribution in [0, 0.1) is 20.8 Å². The fourth-order valence-corrected chi connectivity index (χ4v) is 3.14. The van der Waals surface area contributed by atoms with Gasteiger partial charge in [0, 0.05) is 22.6 Å². The summed E-state index contributed by atoms with van der Waals surface area (Å²) >= 11 is 0. The van der Waals surface area contributed by atoms with Crippen LogP contribution < -0.4 is 10.2 Å². The highest BCUT2D eigenvalue weighted by molar-refractivity contribution is 5.97. The Hall–Kier alpha value is -3.34. The van der Waals surface area contributed by atoms with Crippen LogP contribution in [0.25, 0.3) is 5.69 Å². The van der Waals surface area contributed by atoms with E-state index in [9.17, 15) is 4.79 Å². The van der Waals surface area contributed by atoms with Gasteiger partial charge in [-0.2, -0.15) is 5.10 Å². The van der Waals surface area contributed by atoms with E-state index in [4.69, 9.17) is 4.74 Å². The summed E-state index contributed by atoms with van der Waals surface area (Å²) in [7, 11) is 1.54. The van der Waals surface area contributed by atoms with Crippen LogP contribution in [-0.4, -0.2) is 23.8 Å². The van der Waals surface area contributed by atoms with Crippen LogP contribution in [0.15, 0.2) is 59.7 Å². The van der Waals surface area contributed by atoms with Crippen molar-refractivity contribution >= 4 is 12.1 Å². The average Bonchev–Trinajstić information content (AvgIpc) is 2.95. The summed E-state index contributed by atoms with van der Waals surface area (Å²) in [6.07, 6.45) is 1.67. The lowest BCUT2D eigenvalue weighted by atomic mass is 10.2. The molecule has 0 aliphatic carbocycles. The zero-order chi connectivity index (χ0) is 19.4. The summed E-state index contributed by atoms with van der Waals surface area (Å²) < 4.78 is 7.39. The first-order valence-corrected chi connectivity index (χ1v) is 8.73. The fourth-order valence-electron chi connectivity index (χ4n) is 3.14. The first kappa shape index (κ1) is 18.5. The molecule has 2 aromatic carbocycles. The Morgan fingerprint density at radius 1 is 1.07 bits per heavy atom. The van der Waals surface area contributed by atoms with Crippen LogP contribution in [0.2, 0.25) is 0 Å². The minimum absolute atomic E-state index is 0.309. The Kier molecular flexibility index (Phi) is 5.41. The van der Waals surface area contributed by atoms with Gasteiger partial charge in [0.25, 0.3) is 5.91 Å². The maximum Gasteiger partial charge on any atom is 0.275 e. The van der Waals surface area contributed by atoms with Crippen LogP contribution in [-0.2, 0) is 0 Å². The Bertz CT molecular complexity index is 1000. The molecular weight excluding hydrogens is 338 g/mol. The Labute approximate surface area is 159 Å². The van der Waals surface area contributed by atoms with Crippen LogP contribution in [0.1, 0.15) is 32.9 Å². The van der Waals surface area contributed by atoms with Crippen molar-refractivity contribution in [1.29, 1.82) is 0 Å². The van der Waals surface area contributed by atoms with Gasteiger partial charge >= 0.3 is 0 Å². The summed E-state index contributed by atoms with van der Waals surface area (Å²) in [5.74, 6) is 0.207. The molecule has 0 bridgehead atoms. The molecule has 0 saturated heterocycles. The predicted octanol–water partition coefficient (Wildman–Crippen LogP) is 4.18. The SMILES string of the molecule is COc1ccccc1C(=O)N/N=C\c1cc(C)n(-c2cccc(C)c2)c1C. The minimum Gasteiger partial charge on any atom is -0.496 e. The maximum atomic E-state index is 12.3. The number of methoxy groups -OCH3 is 1. The molecule has 0 spiro atoms. The molecule has 3 aromatic rings. The number of carbonyl (C=O) groups excluding carboxylic acids is 1. The minimum atomic E-state index is -0.309. The van der Waals surface area contributed by atoms with Crippen molar-refractivity contribution in [3.8, 4) is 11.4 Å². The molecule has 0 radical (unpaired) electrons. The van der Waals surface area contributed by atoms with Gasteiger partial charge in [-0.3, -0.25) is 4.79 Å². The number of aryl methyl sites for hydroxylation is 2. The molecular formula is C22H23N3O2. The highest BCUT2D eigenvalue weighted by Gasteiger charge is 2.11. The lowest BCUT2D eigenvalue weighted by Gasteiger charge is -2.10. The Morgan fingerprint density at radius 2 is 1.85 bits per heavy atom. The number of benzene rings is 2. The van der Waals surface area contributed by atoms with Gasteiger partial charge in [-0.05, 0) is 56.7 Å². The molecule has 1 heterocycles. The number of hydrogen-bond donors (Lipinski definition) is 1. The summed E-state index contributed by atoms with van der Waals surface area (Å²) in [5, 5.41) is 4.13. The van der Waals surface area contributed by atoms with Gasteiger partial charge in [0.2, 0.25) is 0 Å². The quantitative estimate of drug-likeness (QED) is 0.548. The van der Waals surface area contributed by atoms with Crippen molar-refractivity contribution in [3.05, 3.63) is 82.7 Å². The second-order valence-electron chi connectivity index (χ2n) is 6.40. The van der Waals surface area contributed by atoms with Crippen LogP contribution >= 0.6 is 0 Å². The molecule has 3 rings (SSSR count). The number of nitrogens with one attached hydrogen (secondary N) is 1. The number of hydrogen-bond acceptors (Lipinski definition) is 3. The van der Waals surface area contributed by atoms with Gasteiger partial charge in [0.15, 0.2) is 0 Å². The molecule has 138 valence electrons. The number of ether oxygens (including phenoxy) is 1. The molecule has 27 heavy (non-hydrogen) atoms. The van der Waals surface area contributed by atoms with E-state index in [1.807, 2.05) is 19.1 Å². The molecule has 0 unspecified atom stereocenters. The van der Waals surface area contributed by atoms with E-state index in [2.05, 4.69) is 53.2 Å². The first-order valence-electron chi connectivity index (χ1n) is 8.73. The van der Waals surface area contributed by atoms with Crippen molar-refractivity contribution < 1.29 is 9.53 Å². The summed E-state index contributed by atoms with van der Waals surface area (Å²) in [6.45, 7) is 6.17. The van der Waals surface area contributed by atoms with E-state index in [0.29, 0.717) is 11.3 Å². The van der Waals surface area contributed by atoms with Crippen LogP contribution in [0.4, 0.5) is 0 Å². The maximum absolute atomic E-state index is 12.3. The molecule has 1 aromatic heterocycles. The smallest absolute Gasteiger partial charge is 0.275 e. The van der Waals surface area contributed by atoms with E-state index in [1.54, 1.807) is 24.4 Å². The monoisotopic (exact) mass is 361 g/mol. The number of hydrazone groups is 1. The topological polar surface area (TPSA) is 55.6 Å². The summed E-state index contributed by atoms with van der Waals surface area (Å²) in [5.41, 5.74) is 8.46. The van der Waals surface area contributed by atoms with Gasteiger partial charge in [0.05, 0.1) is 18.9 Å². The number of nitrogens with zero attached hydrogens (tertiary/aromatic N) is 2. The lowest BCUT2D eigenvalue weighted by Crippen LogP contribution is -2.18. The van der Waals surface area contributed by atoms with E-state index in [-0.39, 0.29) is 5.91 Å². The van der Waals surface area contributed by atoms with Crippen molar-refractivity contribution in [2.24, 2.45) is 5.10 Å². The molecule has 0 atom stereocenters. The van der Waals surface area contributed by atoms with E-state index in [0.717, 1.165) is 22.6 Å². The highest BCUT2D eigenvalue weighted by atomic mass is 16.5. The van der Waals surface area contributed by atoms with Gasteiger partial charge in [-0.25, -0.2) is 5.43 Å². The van der Waals surface area contributed by atoms with Crippen molar-refractivity contribution in [2.45, 2.75) is 20.8 Å². The molecule has 0 aliphatic rings. The molecule has 0 saturated carbocycles. The molecule has 1 N–H and O–H groups in total. The molecule has 5 heteroatoms. The van der Waals surface area contributed by atoms with E-state index >= 15 is 0 Å². The third kappa shape index (κ3) is 3.92. The molecule has 5 nitrogen and oxygen atoms in total. The number of para-hydroxylation sites is 1. The standard InChI is InChI=1S/C22H23N3O2/c1-15-8-7-9-19(12-15)25-16(2)13-18(17(25)3)14-23-24-22(26)20-10-5-6-11-21(20)27-4/h5-14H,1-4H3,(H,24,26)/b23-14-. The fraction of sp³-hybridized carbons (Fsp3) is 0.182. The lowest BCUT2D eigenvalue weighted by molar-refractivity contribution is 0.0952. The van der Waals surface area contributed by atoms with Gasteiger partial charge in [-0.1, -0.05) is 24.3 Å². The van der Waals surface area contributed by atoms with Gasteiger partial charge in [-0.15, -0.1) is 0 Å². The van der Waals surface area contributed by atoms with E-state index < -0.39 is 0 Å². The third-order valence-electron chi connectivity index (χ3n) is 4.45. The normalized spacial score (nSPS) is 11.0. The van der Waals surface area contributed by atoms with Crippen LogP contribution in [0.3, 0.4) is 0 Å². The predicted molar refractivity (Wildman–Crippen MR) is 108 cm³/mol. The third-order valence-corrected chi connectivity index (χ3v) is 4.45. The van der Waals surface area contributed by atoms with Gasteiger partial charge < -0.3 is 9.30 Å². The second kappa shape index (κ2) is 7.91. The second-order valence-corrected chi connectivity index (χ2v) is 6.40. The molecule has 1 amide bonds. The van der Waals surface area contributed by atoms with Crippen LogP contribution in [0.5, 0.6) is 5.75 Å². The number of rotatable bonds is 5. The van der Waals surface area contributed by atoms with Crippen molar-refractivity contribution in [2.75, 3.05) is 7.11 Å². The van der Waals surface area contributed by atoms with Gasteiger partial charge in [0.1, 0.15) is 5.75 Å². The highest BCUT2D eigenvalue weighted by Crippen LogP contribution is 2.20. The largest absolute Gasteiger partial charge is 0.496 e. The Balaban J connectivity index is 1.80. The molecule has 0 aliphatic heterocycles. The Morgan fingerprint density at radius 3 is 2.59 bits per heavy atom. The summed E-state index contributed by atoms with van der Waals surface area (Å²) in [4.78, 5) is 12.3.